The molecule has 2 aromatic rings. The zero-order valence-corrected chi connectivity index (χ0v) is 13.2. The Morgan fingerprint density at radius 2 is 1.88 bits per heavy atom. The van der Waals surface area contributed by atoms with E-state index in [1.807, 2.05) is 25.1 Å². The summed E-state index contributed by atoms with van der Waals surface area (Å²) in [5, 5.41) is 23.4. The van der Waals surface area contributed by atoms with Crippen molar-refractivity contribution in [1.29, 1.82) is 0 Å². The van der Waals surface area contributed by atoms with Crippen molar-refractivity contribution in [1.82, 2.24) is 5.32 Å². The van der Waals surface area contributed by atoms with E-state index in [-0.39, 0.29) is 24.3 Å². The molecule has 0 aliphatic heterocycles. The van der Waals surface area contributed by atoms with Crippen LogP contribution < -0.4 is 15.2 Å². The van der Waals surface area contributed by atoms with E-state index in [0.29, 0.717) is 5.75 Å². The van der Waals surface area contributed by atoms with Crippen LogP contribution in [0.3, 0.4) is 0 Å². The molecule has 126 valence electrons. The summed E-state index contributed by atoms with van der Waals surface area (Å²) in [5.74, 6) is -1.39. The Labute approximate surface area is 139 Å². The van der Waals surface area contributed by atoms with Crippen LogP contribution in [-0.2, 0) is 0 Å². The van der Waals surface area contributed by atoms with Crippen molar-refractivity contribution in [3.8, 4) is 5.75 Å². The van der Waals surface area contributed by atoms with Crippen LogP contribution in [-0.4, -0.2) is 36.2 Å². The van der Waals surface area contributed by atoms with Crippen molar-refractivity contribution < 1.29 is 24.5 Å². The monoisotopic (exact) mass is 328 g/mol. The molecule has 6 nitrogen and oxygen atoms in total. The van der Waals surface area contributed by atoms with E-state index in [2.05, 4.69) is 5.32 Å². The number of ether oxygens (including phenoxy) is 1. The summed E-state index contributed by atoms with van der Waals surface area (Å²) < 4.78 is 5.44. The number of hydrogen-bond donors (Lipinski definition) is 2. The summed E-state index contributed by atoms with van der Waals surface area (Å²) in [5.41, 5.74) is 0.832. The van der Waals surface area contributed by atoms with E-state index in [9.17, 15) is 19.8 Å². The van der Waals surface area contributed by atoms with Crippen LogP contribution in [0.1, 0.15) is 26.3 Å². The molecule has 0 fully saturated rings. The molecule has 1 amide bonds. The maximum Gasteiger partial charge on any atom is 0.252 e. The molecule has 0 spiro atoms. The number of aromatic carboxylic acids is 1. The second kappa shape index (κ2) is 8.12. The highest BCUT2D eigenvalue weighted by Gasteiger charge is 2.13. The molecule has 2 rings (SSSR count). The largest absolute Gasteiger partial charge is 0.545 e. The number of rotatable bonds is 7. The maximum atomic E-state index is 12.0. The van der Waals surface area contributed by atoms with Crippen LogP contribution in [0.5, 0.6) is 5.75 Å². The van der Waals surface area contributed by atoms with E-state index in [1.54, 1.807) is 12.1 Å². The van der Waals surface area contributed by atoms with Gasteiger partial charge >= 0.3 is 0 Å². The first kappa shape index (κ1) is 17.5. The van der Waals surface area contributed by atoms with Crippen LogP contribution in [0.25, 0.3) is 0 Å². The molecule has 0 radical (unpaired) electrons. The number of carboxylic acid groups (broad SMARTS) is 1. The first-order valence-corrected chi connectivity index (χ1v) is 7.43. The fourth-order valence-electron chi connectivity index (χ4n) is 2.12. The molecule has 0 saturated carbocycles. The predicted octanol–water partition coefficient (Wildman–Crippen LogP) is 0.528. The number of aliphatic hydroxyl groups excluding tert-OH is 1. The summed E-state index contributed by atoms with van der Waals surface area (Å²) in [6.07, 6.45) is -0.926. The SMILES string of the molecule is Cc1cccc(OCC(O)CNC(=O)c2ccccc2C(=O)[O-])c1. The fraction of sp³-hybridized carbons (Fsp3) is 0.222. The lowest BCUT2D eigenvalue weighted by Crippen LogP contribution is -2.36. The lowest BCUT2D eigenvalue weighted by molar-refractivity contribution is -0.255. The normalized spacial score (nSPS) is 11.6. The third-order valence-electron chi connectivity index (χ3n) is 3.32. The maximum absolute atomic E-state index is 12.0. The van der Waals surface area contributed by atoms with Gasteiger partial charge in [-0.3, -0.25) is 4.79 Å². The highest BCUT2D eigenvalue weighted by Crippen LogP contribution is 2.12. The van der Waals surface area contributed by atoms with Gasteiger partial charge in [-0.15, -0.1) is 0 Å². The van der Waals surface area contributed by atoms with Gasteiger partial charge in [-0.1, -0.05) is 30.3 Å². The van der Waals surface area contributed by atoms with Crippen LogP contribution in [0.15, 0.2) is 48.5 Å². The van der Waals surface area contributed by atoms with Gasteiger partial charge in [0.05, 0.1) is 5.97 Å². The van der Waals surface area contributed by atoms with Crippen LogP contribution in [0.2, 0.25) is 0 Å². The number of amides is 1. The Bertz CT molecular complexity index is 729. The molecule has 2 N–H and O–H groups in total. The molecular weight excluding hydrogens is 310 g/mol. The number of aryl methyl sites for hydroxylation is 1. The van der Waals surface area contributed by atoms with Crippen molar-refractivity contribution in [2.75, 3.05) is 13.2 Å². The average molecular weight is 328 g/mol. The second-order valence-electron chi connectivity index (χ2n) is 5.32. The number of hydrogen-bond acceptors (Lipinski definition) is 5. The summed E-state index contributed by atoms with van der Waals surface area (Å²) in [6, 6.07) is 13.1. The van der Waals surface area contributed by atoms with Gasteiger partial charge in [0.2, 0.25) is 0 Å². The Balaban J connectivity index is 1.86. The molecule has 0 aliphatic carbocycles. The molecular formula is C18H18NO5-. The molecule has 0 bridgehead atoms. The Hall–Kier alpha value is -2.86. The molecule has 0 aliphatic rings. The van der Waals surface area contributed by atoms with Crippen LogP contribution in [0, 0.1) is 6.92 Å². The fourth-order valence-corrected chi connectivity index (χ4v) is 2.12. The van der Waals surface area contributed by atoms with Gasteiger partial charge in [0.25, 0.3) is 5.91 Å². The highest BCUT2D eigenvalue weighted by atomic mass is 16.5. The third kappa shape index (κ3) is 4.82. The van der Waals surface area contributed by atoms with Gasteiger partial charge < -0.3 is 25.1 Å². The van der Waals surface area contributed by atoms with E-state index in [1.165, 1.54) is 18.2 Å². The smallest absolute Gasteiger partial charge is 0.252 e. The quantitative estimate of drug-likeness (QED) is 0.772. The van der Waals surface area contributed by atoms with Crippen LogP contribution in [0.4, 0.5) is 0 Å². The van der Waals surface area contributed by atoms with Crippen molar-refractivity contribution >= 4 is 11.9 Å². The van der Waals surface area contributed by atoms with Crippen molar-refractivity contribution in [2.45, 2.75) is 13.0 Å². The van der Waals surface area contributed by atoms with Gasteiger partial charge in [0.1, 0.15) is 18.5 Å². The molecule has 24 heavy (non-hydrogen) atoms. The Morgan fingerprint density at radius 3 is 2.54 bits per heavy atom. The molecule has 6 heteroatoms. The number of aliphatic hydroxyl groups is 1. The lowest BCUT2D eigenvalue weighted by atomic mass is 10.1. The summed E-state index contributed by atoms with van der Waals surface area (Å²) in [6.45, 7) is 1.87. The number of carboxylic acids is 1. The van der Waals surface area contributed by atoms with Gasteiger partial charge in [0.15, 0.2) is 0 Å². The van der Waals surface area contributed by atoms with Gasteiger partial charge in [-0.25, -0.2) is 0 Å². The first-order chi connectivity index (χ1) is 11.5. The molecule has 2 aromatic carbocycles. The van der Waals surface area contributed by atoms with E-state index < -0.39 is 18.0 Å². The molecule has 0 heterocycles. The average Bonchev–Trinajstić information content (AvgIpc) is 2.58. The lowest BCUT2D eigenvalue weighted by Gasteiger charge is -2.15. The zero-order valence-electron chi connectivity index (χ0n) is 13.2. The minimum absolute atomic E-state index is 0.00582. The Morgan fingerprint density at radius 1 is 1.17 bits per heavy atom. The number of carbonyl (C=O) groups excluding carboxylic acids is 2. The van der Waals surface area contributed by atoms with Crippen molar-refractivity contribution in [3.05, 3.63) is 65.2 Å². The molecule has 1 atom stereocenters. The summed E-state index contributed by atoms with van der Waals surface area (Å²) >= 11 is 0. The summed E-state index contributed by atoms with van der Waals surface area (Å²) in [7, 11) is 0. The topological polar surface area (TPSA) is 98.7 Å². The van der Waals surface area contributed by atoms with Crippen molar-refractivity contribution in [2.24, 2.45) is 0 Å². The molecule has 0 saturated heterocycles. The molecule has 0 aromatic heterocycles. The highest BCUT2D eigenvalue weighted by molar-refractivity contribution is 6.04. The predicted molar refractivity (Wildman–Crippen MR) is 85.8 cm³/mol. The molecule has 1 unspecified atom stereocenters. The van der Waals surface area contributed by atoms with E-state index in [0.717, 1.165) is 5.56 Å². The summed E-state index contributed by atoms with van der Waals surface area (Å²) in [4.78, 5) is 23.0. The van der Waals surface area contributed by atoms with E-state index in [4.69, 9.17) is 4.74 Å². The number of nitrogens with one attached hydrogen (secondary N) is 1. The first-order valence-electron chi connectivity index (χ1n) is 7.43. The standard InChI is InChI=1S/C18H19NO5/c1-12-5-4-6-14(9-12)24-11-13(20)10-19-17(21)15-7-2-3-8-16(15)18(22)23/h2-9,13,20H,10-11H2,1H3,(H,19,21)(H,22,23)/p-1. The number of benzene rings is 2. The minimum Gasteiger partial charge on any atom is -0.545 e. The van der Waals surface area contributed by atoms with Crippen molar-refractivity contribution in [3.63, 3.8) is 0 Å². The Kier molecular flexibility index (Phi) is 5.92. The van der Waals surface area contributed by atoms with Crippen LogP contribution >= 0.6 is 0 Å². The van der Waals surface area contributed by atoms with Gasteiger partial charge in [0, 0.05) is 17.7 Å². The van der Waals surface area contributed by atoms with Gasteiger partial charge in [-0.05, 0) is 30.7 Å². The second-order valence-corrected chi connectivity index (χ2v) is 5.32. The zero-order chi connectivity index (χ0) is 17.5. The van der Waals surface area contributed by atoms with Gasteiger partial charge in [-0.2, -0.15) is 0 Å². The minimum atomic E-state index is -1.43. The van der Waals surface area contributed by atoms with E-state index >= 15 is 0 Å². The third-order valence-corrected chi connectivity index (χ3v) is 3.32. The number of carbonyl (C=O) groups is 2.